The number of ether oxygens (including phenoxy) is 1. The molecule has 1 aromatic carbocycles. The fraction of sp³-hybridized carbons (Fsp3) is 0.286. The van der Waals surface area contributed by atoms with Crippen LogP contribution in [0.2, 0.25) is 10.0 Å². The van der Waals surface area contributed by atoms with E-state index in [9.17, 15) is 14.7 Å². The minimum absolute atomic E-state index is 0.386. The number of carbonyl (C=O) groups excluding carboxylic acids is 1. The molecule has 2 heterocycles. The Morgan fingerprint density at radius 1 is 1.05 bits per heavy atom. The molecule has 0 unspecified atom stereocenters. The largest absolute Gasteiger partial charge is 0.481 e. The third-order valence-electron chi connectivity index (χ3n) is 3.62. The van der Waals surface area contributed by atoms with Gasteiger partial charge in [0.1, 0.15) is 5.92 Å². The first-order chi connectivity index (χ1) is 9.95. The molecule has 21 heavy (non-hydrogen) atoms. The molecule has 1 aromatic rings. The van der Waals surface area contributed by atoms with Crippen molar-refractivity contribution < 1.29 is 19.4 Å². The van der Waals surface area contributed by atoms with Gasteiger partial charge < -0.3 is 15.2 Å². The van der Waals surface area contributed by atoms with Crippen LogP contribution in [0.25, 0.3) is 0 Å². The predicted octanol–water partition coefficient (Wildman–Crippen LogP) is 2.59. The Kier molecular flexibility index (Phi) is 3.65. The quantitative estimate of drug-likeness (QED) is 0.836. The molecular weight excluding hydrogens is 317 g/mol. The summed E-state index contributed by atoms with van der Waals surface area (Å²) in [5.74, 6) is -3.11. The first-order valence-electron chi connectivity index (χ1n) is 6.29. The lowest BCUT2D eigenvalue weighted by molar-refractivity contribution is -0.145. The van der Waals surface area contributed by atoms with E-state index in [2.05, 4.69) is 5.32 Å². The number of carboxylic acids is 1. The van der Waals surface area contributed by atoms with Crippen LogP contribution in [0.4, 0.5) is 5.69 Å². The highest BCUT2D eigenvalue weighted by Gasteiger charge is 2.53. The maximum Gasteiger partial charge on any atom is 0.310 e. The zero-order valence-corrected chi connectivity index (χ0v) is 12.1. The minimum atomic E-state index is -1.05. The summed E-state index contributed by atoms with van der Waals surface area (Å²) in [5.41, 5.74) is 0.424. The average Bonchev–Trinajstić information content (AvgIpc) is 2.96. The molecule has 110 valence electrons. The molecule has 0 spiro atoms. The van der Waals surface area contributed by atoms with E-state index in [0.717, 1.165) is 0 Å². The van der Waals surface area contributed by atoms with E-state index in [-0.39, 0.29) is 0 Å². The third-order valence-corrected chi connectivity index (χ3v) is 4.05. The van der Waals surface area contributed by atoms with Gasteiger partial charge in [-0.25, -0.2) is 0 Å². The van der Waals surface area contributed by atoms with Crippen LogP contribution >= 0.6 is 23.2 Å². The molecule has 2 bridgehead atoms. The molecule has 2 aliphatic heterocycles. The number of carbonyl (C=O) groups is 2. The van der Waals surface area contributed by atoms with Crippen LogP contribution in [0, 0.1) is 11.8 Å². The number of aliphatic carboxylic acids is 1. The van der Waals surface area contributed by atoms with E-state index in [4.69, 9.17) is 27.9 Å². The van der Waals surface area contributed by atoms with E-state index in [1.54, 1.807) is 30.4 Å². The summed E-state index contributed by atoms with van der Waals surface area (Å²) in [7, 11) is 0. The van der Waals surface area contributed by atoms with Gasteiger partial charge in [0.05, 0.1) is 18.1 Å². The number of amides is 1. The highest BCUT2D eigenvalue weighted by atomic mass is 35.5. The number of benzene rings is 1. The van der Waals surface area contributed by atoms with Crippen molar-refractivity contribution in [3.63, 3.8) is 0 Å². The number of fused-ring (bicyclic) bond motifs is 2. The van der Waals surface area contributed by atoms with Crippen LogP contribution in [0.5, 0.6) is 0 Å². The summed E-state index contributed by atoms with van der Waals surface area (Å²) in [6.45, 7) is 0. The molecule has 0 saturated carbocycles. The van der Waals surface area contributed by atoms with E-state index in [0.29, 0.717) is 15.7 Å². The third kappa shape index (κ3) is 2.64. The highest BCUT2D eigenvalue weighted by molar-refractivity contribution is 6.35. The first kappa shape index (κ1) is 14.4. The molecule has 0 aliphatic carbocycles. The normalized spacial score (nSPS) is 29.6. The predicted molar refractivity (Wildman–Crippen MR) is 77.5 cm³/mol. The smallest absolute Gasteiger partial charge is 0.310 e. The number of rotatable bonds is 3. The summed E-state index contributed by atoms with van der Waals surface area (Å²) in [6.07, 6.45) is 2.35. The van der Waals surface area contributed by atoms with E-state index in [1.807, 2.05) is 0 Å². The van der Waals surface area contributed by atoms with E-state index >= 15 is 0 Å². The minimum Gasteiger partial charge on any atom is -0.481 e. The molecule has 5 nitrogen and oxygen atoms in total. The molecule has 1 saturated heterocycles. The van der Waals surface area contributed by atoms with Gasteiger partial charge in [-0.1, -0.05) is 35.4 Å². The van der Waals surface area contributed by atoms with Crippen molar-refractivity contribution >= 4 is 40.8 Å². The van der Waals surface area contributed by atoms with Gasteiger partial charge in [-0.15, -0.1) is 0 Å². The molecule has 2 N–H and O–H groups in total. The van der Waals surface area contributed by atoms with Crippen molar-refractivity contribution in [3.05, 3.63) is 40.4 Å². The molecule has 2 aliphatic rings. The molecule has 0 radical (unpaired) electrons. The van der Waals surface area contributed by atoms with Crippen molar-refractivity contribution in [1.82, 2.24) is 0 Å². The van der Waals surface area contributed by atoms with Gasteiger partial charge in [0.25, 0.3) is 0 Å². The van der Waals surface area contributed by atoms with Crippen molar-refractivity contribution in [2.45, 2.75) is 12.2 Å². The topological polar surface area (TPSA) is 75.6 Å². The molecular formula is C14H11Cl2NO4. The van der Waals surface area contributed by atoms with Crippen LogP contribution in [0.1, 0.15) is 0 Å². The summed E-state index contributed by atoms with van der Waals surface area (Å²) >= 11 is 11.7. The van der Waals surface area contributed by atoms with Gasteiger partial charge in [-0.2, -0.15) is 0 Å². The molecule has 1 fully saturated rings. The summed E-state index contributed by atoms with van der Waals surface area (Å²) < 4.78 is 5.46. The second-order valence-electron chi connectivity index (χ2n) is 4.99. The Balaban J connectivity index is 1.82. The second kappa shape index (κ2) is 5.33. The number of anilines is 1. The lowest BCUT2D eigenvalue weighted by Crippen LogP contribution is -2.39. The number of hydrogen-bond acceptors (Lipinski definition) is 3. The first-order valence-corrected chi connectivity index (χ1v) is 7.05. The highest BCUT2D eigenvalue weighted by Crippen LogP contribution is 2.40. The van der Waals surface area contributed by atoms with Crippen LogP contribution in [0.15, 0.2) is 30.4 Å². The van der Waals surface area contributed by atoms with Crippen molar-refractivity contribution in [2.75, 3.05) is 5.32 Å². The second-order valence-corrected chi connectivity index (χ2v) is 5.86. The number of hydrogen-bond donors (Lipinski definition) is 2. The van der Waals surface area contributed by atoms with E-state index in [1.165, 1.54) is 0 Å². The van der Waals surface area contributed by atoms with Crippen molar-refractivity contribution in [1.29, 1.82) is 0 Å². The molecule has 3 rings (SSSR count). The Morgan fingerprint density at radius 3 is 2.19 bits per heavy atom. The summed E-state index contributed by atoms with van der Waals surface area (Å²) in [6, 6.07) is 4.64. The van der Waals surface area contributed by atoms with Crippen molar-refractivity contribution in [2.24, 2.45) is 11.8 Å². The fourth-order valence-corrected chi connectivity index (χ4v) is 3.29. The number of halogens is 2. The molecule has 0 aromatic heterocycles. The van der Waals surface area contributed by atoms with Gasteiger partial charge in [0, 0.05) is 15.7 Å². The number of carboxylic acid groups (broad SMARTS) is 1. The monoisotopic (exact) mass is 327 g/mol. The van der Waals surface area contributed by atoms with Gasteiger partial charge in [-0.05, 0) is 18.2 Å². The standard InChI is InChI=1S/C14H11Cl2NO4/c15-6-3-7(16)5-8(4-6)17-13(18)11-9-1-2-10(21-9)12(11)14(19)20/h1-5,9-12H,(H,17,18)(H,19,20)/t9-,10+,11+,12+/m1/s1. The lowest BCUT2D eigenvalue weighted by Gasteiger charge is -2.21. The molecule has 4 atom stereocenters. The zero-order valence-electron chi connectivity index (χ0n) is 10.6. The van der Waals surface area contributed by atoms with Crippen LogP contribution < -0.4 is 5.32 Å². The van der Waals surface area contributed by atoms with Crippen LogP contribution in [-0.4, -0.2) is 29.2 Å². The van der Waals surface area contributed by atoms with Crippen LogP contribution in [0.3, 0.4) is 0 Å². The van der Waals surface area contributed by atoms with Gasteiger partial charge in [-0.3, -0.25) is 9.59 Å². The van der Waals surface area contributed by atoms with Gasteiger partial charge in [0.2, 0.25) is 5.91 Å². The maximum absolute atomic E-state index is 12.4. The summed E-state index contributed by atoms with van der Waals surface area (Å²) in [4.78, 5) is 23.7. The van der Waals surface area contributed by atoms with Gasteiger partial charge in [0.15, 0.2) is 0 Å². The Labute approximate surface area is 130 Å². The molecule has 1 amide bonds. The SMILES string of the molecule is O=C(O)[C@@H]1[C@@H](C(=O)Nc2cc(Cl)cc(Cl)c2)[C@H]2C=C[C@@H]1O2. The Hall–Kier alpha value is -1.56. The van der Waals surface area contributed by atoms with Crippen LogP contribution in [-0.2, 0) is 14.3 Å². The van der Waals surface area contributed by atoms with Gasteiger partial charge >= 0.3 is 5.97 Å². The maximum atomic E-state index is 12.4. The Morgan fingerprint density at radius 2 is 1.62 bits per heavy atom. The fourth-order valence-electron chi connectivity index (χ4n) is 2.77. The van der Waals surface area contributed by atoms with E-state index < -0.39 is 35.9 Å². The van der Waals surface area contributed by atoms with Crippen molar-refractivity contribution in [3.8, 4) is 0 Å². The summed E-state index contributed by atoms with van der Waals surface area (Å²) in [5, 5.41) is 12.7. The average molecular weight is 328 g/mol. The number of nitrogens with one attached hydrogen (secondary N) is 1. The zero-order chi connectivity index (χ0) is 15.1. The Bertz CT molecular complexity index is 626. The molecule has 7 heteroatoms. The lowest BCUT2D eigenvalue weighted by atomic mass is 9.82.